The van der Waals surface area contributed by atoms with E-state index in [1.807, 2.05) is 24.3 Å². The SMILES string of the molecule is CC(=O)Nc1ccc(SCc2cnc(N)s2)cc1. The molecule has 1 amide bonds. The molecule has 18 heavy (non-hydrogen) atoms. The van der Waals surface area contributed by atoms with Crippen LogP contribution in [0.4, 0.5) is 10.8 Å². The zero-order chi connectivity index (χ0) is 13.0. The van der Waals surface area contributed by atoms with Gasteiger partial charge in [0.05, 0.1) is 0 Å². The lowest BCUT2D eigenvalue weighted by Crippen LogP contribution is -2.05. The van der Waals surface area contributed by atoms with Gasteiger partial charge in [-0.15, -0.1) is 23.1 Å². The number of hydrogen-bond acceptors (Lipinski definition) is 5. The van der Waals surface area contributed by atoms with E-state index in [-0.39, 0.29) is 5.91 Å². The Kier molecular flexibility index (Phi) is 4.22. The number of nitrogens with zero attached hydrogens (tertiary/aromatic N) is 1. The maximum absolute atomic E-state index is 10.9. The number of anilines is 2. The van der Waals surface area contributed by atoms with Crippen LogP contribution >= 0.6 is 23.1 Å². The molecule has 0 radical (unpaired) electrons. The van der Waals surface area contributed by atoms with Crippen LogP contribution in [-0.4, -0.2) is 10.9 Å². The molecule has 0 fully saturated rings. The molecule has 3 N–H and O–H groups in total. The van der Waals surface area contributed by atoms with E-state index >= 15 is 0 Å². The summed E-state index contributed by atoms with van der Waals surface area (Å²) in [4.78, 5) is 17.2. The molecule has 1 aromatic carbocycles. The van der Waals surface area contributed by atoms with Crippen molar-refractivity contribution in [3.05, 3.63) is 35.3 Å². The van der Waals surface area contributed by atoms with E-state index in [4.69, 9.17) is 5.73 Å². The second kappa shape index (κ2) is 5.88. The van der Waals surface area contributed by atoms with E-state index in [1.165, 1.54) is 18.3 Å². The number of thioether (sulfide) groups is 1. The highest BCUT2D eigenvalue weighted by molar-refractivity contribution is 7.98. The minimum Gasteiger partial charge on any atom is -0.375 e. The van der Waals surface area contributed by atoms with Gasteiger partial charge < -0.3 is 11.1 Å². The van der Waals surface area contributed by atoms with Crippen LogP contribution in [0.1, 0.15) is 11.8 Å². The van der Waals surface area contributed by atoms with E-state index in [0.29, 0.717) is 5.13 Å². The Labute approximate surface area is 114 Å². The molecular weight excluding hydrogens is 266 g/mol. The molecule has 94 valence electrons. The normalized spacial score (nSPS) is 10.3. The number of carbonyl (C=O) groups is 1. The summed E-state index contributed by atoms with van der Waals surface area (Å²) in [5.41, 5.74) is 6.39. The molecular formula is C12H13N3OS2. The number of nitrogens with two attached hydrogens (primary N) is 1. The van der Waals surface area contributed by atoms with Crippen molar-refractivity contribution < 1.29 is 4.79 Å². The van der Waals surface area contributed by atoms with Gasteiger partial charge in [-0.2, -0.15) is 0 Å². The Hall–Kier alpha value is -1.53. The molecule has 2 rings (SSSR count). The Morgan fingerprint density at radius 2 is 2.17 bits per heavy atom. The second-order valence-corrected chi connectivity index (χ2v) is 5.85. The summed E-state index contributed by atoms with van der Waals surface area (Å²) >= 11 is 3.22. The molecule has 0 aliphatic rings. The number of aromatic nitrogens is 1. The standard InChI is InChI=1S/C12H13N3OS2/c1-8(16)15-9-2-4-10(5-3-9)17-7-11-6-14-12(13)18-11/h2-6H,7H2,1H3,(H2,13,14)(H,15,16). The number of nitrogen functional groups attached to an aromatic ring is 1. The smallest absolute Gasteiger partial charge is 0.221 e. The van der Waals surface area contributed by atoms with E-state index in [0.717, 1.165) is 21.2 Å². The third-order valence-electron chi connectivity index (χ3n) is 2.13. The van der Waals surface area contributed by atoms with Crippen LogP contribution in [-0.2, 0) is 10.5 Å². The summed E-state index contributed by atoms with van der Waals surface area (Å²) in [6.45, 7) is 1.50. The van der Waals surface area contributed by atoms with Crippen LogP contribution in [0.15, 0.2) is 35.4 Å². The fraction of sp³-hybridized carbons (Fsp3) is 0.167. The minimum atomic E-state index is -0.0597. The van der Waals surface area contributed by atoms with Crippen LogP contribution < -0.4 is 11.1 Å². The van der Waals surface area contributed by atoms with Gasteiger partial charge in [-0.05, 0) is 24.3 Å². The molecule has 0 atom stereocenters. The van der Waals surface area contributed by atoms with E-state index in [2.05, 4.69) is 10.3 Å². The predicted molar refractivity (Wildman–Crippen MR) is 76.8 cm³/mol. The number of rotatable bonds is 4. The van der Waals surface area contributed by atoms with Crippen molar-refractivity contribution >= 4 is 39.8 Å². The molecule has 1 heterocycles. The van der Waals surface area contributed by atoms with Gasteiger partial charge in [0, 0.05) is 34.3 Å². The van der Waals surface area contributed by atoms with Crippen LogP contribution in [0.25, 0.3) is 0 Å². The van der Waals surface area contributed by atoms with Gasteiger partial charge in [-0.3, -0.25) is 4.79 Å². The lowest BCUT2D eigenvalue weighted by Gasteiger charge is -2.03. The quantitative estimate of drug-likeness (QED) is 0.844. The van der Waals surface area contributed by atoms with E-state index in [1.54, 1.807) is 18.0 Å². The average Bonchev–Trinajstić information content (AvgIpc) is 2.74. The maximum atomic E-state index is 10.9. The maximum Gasteiger partial charge on any atom is 0.221 e. The van der Waals surface area contributed by atoms with Gasteiger partial charge in [0.15, 0.2) is 5.13 Å². The largest absolute Gasteiger partial charge is 0.375 e. The van der Waals surface area contributed by atoms with Gasteiger partial charge in [-0.25, -0.2) is 4.98 Å². The Balaban J connectivity index is 1.92. The average molecular weight is 279 g/mol. The molecule has 0 aliphatic carbocycles. The van der Waals surface area contributed by atoms with Crippen LogP contribution in [0, 0.1) is 0 Å². The zero-order valence-corrected chi connectivity index (χ0v) is 11.5. The van der Waals surface area contributed by atoms with Crippen molar-refractivity contribution in [2.75, 3.05) is 11.1 Å². The molecule has 0 saturated carbocycles. The van der Waals surface area contributed by atoms with Gasteiger partial charge in [0.2, 0.25) is 5.91 Å². The van der Waals surface area contributed by atoms with Gasteiger partial charge in [-0.1, -0.05) is 0 Å². The summed E-state index contributed by atoms with van der Waals surface area (Å²) in [5, 5.41) is 3.34. The number of thiazole rings is 1. The van der Waals surface area contributed by atoms with Crippen molar-refractivity contribution in [3.63, 3.8) is 0 Å². The first-order valence-electron chi connectivity index (χ1n) is 5.34. The van der Waals surface area contributed by atoms with Crippen LogP contribution in [0.2, 0.25) is 0 Å². The topological polar surface area (TPSA) is 68.0 Å². The first-order chi connectivity index (χ1) is 8.63. The summed E-state index contributed by atoms with van der Waals surface area (Å²) in [6.07, 6.45) is 1.80. The zero-order valence-electron chi connectivity index (χ0n) is 9.84. The number of hydrogen-bond donors (Lipinski definition) is 2. The number of benzene rings is 1. The summed E-state index contributed by atoms with van der Waals surface area (Å²) in [6, 6.07) is 7.76. The lowest BCUT2D eigenvalue weighted by molar-refractivity contribution is -0.114. The molecule has 2 aromatic rings. The van der Waals surface area contributed by atoms with Crippen molar-refractivity contribution in [1.29, 1.82) is 0 Å². The molecule has 0 bridgehead atoms. The predicted octanol–water partition coefficient (Wildman–Crippen LogP) is 2.98. The third-order valence-corrected chi connectivity index (χ3v) is 4.20. The molecule has 0 unspecified atom stereocenters. The fourth-order valence-corrected chi connectivity index (χ4v) is 2.99. The van der Waals surface area contributed by atoms with E-state index < -0.39 is 0 Å². The highest BCUT2D eigenvalue weighted by Crippen LogP contribution is 2.27. The van der Waals surface area contributed by atoms with Crippen molar-refractivity contribution in [3.8, 4) is 0 Å². The second-order valence-electron chi connectivity index (χ2n) is 3.66. The molecule has 4 nitrogen and oxygen atoms in total. The number of nitrogens with one attached hydrogen (secondary N) is 1. The number of carbonyl (C=O) groups excluding carboxylic acids is 1. The Morgan fingerprint density at radius 3 is 2.72 bits per heavy atom. The minimum absolute atomic E-state index is 0.0597. The monoisotopic (exact) mass is 279 g/mol. The molecule has 0 saturated heterocycles. The summed E-state index contributed by atoms with van der Waals surface area (Å²) in [5.74, 6) is 0.796. The Morgan fingerprint density at radius 1 is 1.44 bits per heavy atom. The molecule has 0 spiro atoms. The van der Waals surface area contributed by atoms with Crippen molar-refractivity contribution in [2.45, 2.75) is 17.6 Å². The summed E-state index contributed by atoms with van der Waals surface area (Å²) < 4.78 is 0. The van der Waals surface area contributed by atoms with E-state index in [9.17, 15) is 4.79 Å². The summed E-state index contributed by atoms with van der Waals surface area (Å²) in [7, 11) is 0. The highest BCUT2D eigenvalue weighted by atomic mass is 32.2. The molecule has 1 aromatic heterocycles. The number of amides is 1. The lowest BCUT2D eigenvalue weighted by atomic mass is 10.3. The van der Waals surface area contributed by atoms with Crippen LogP contribution in [0.3, 0.4) is 0 Å². The fourth-order valence-electron chi connectivity index (χ4n) is 1.38. The first kappa shape index (κ1) is 12.9. The van der Waals surface area contributed by atoms with Crippen molar-refractivity contribution in [2.24, 2.45) is 0 Å². The molecule has 6 heteroatoms. The first-order valence-corrected chi connectivity index (χ1v) is 7.14. The Bertz CT molecular complexity index is 537. The highest BCUT2D eigenvalue weighted by Gasteiger charge is 2.01. The van der Waals surface area contributed by atoms with Crippen molar-refractivity contribution in [1.82, 2.24) is 4.98 Å². The van der Waals surface area contributed by atoms with Gasteiger partial charge in [0.25, 0.3) is 0 Å². The van der Waals surface area contributed by atoms with Gasteiger partial charge >= 0.3 is 0 Å². The molecule has 0 aliphatic heterocycles. The van der Waals surface area contributed by atoms with Gasteiger partial charge in [0.1, 0.15) is 0 Å². The van der Waals surface area contributed by atoms with Crippen LogP contribution in [0.5, 0.6) is 0 Å². The third kappa shape index (κ3) is 3.75.